The Bertz CT molecular complexity index is 1350. The van der Waals surface area contributed by atoms with E-state index in [0.29, 0.717) is 34.8 Å². The molecule has 1 atom stereocenters. The fourth-order valence-electron chi connectivity index (χ4n) is 4.83. The van der Waals surface area contributed by atoms with Crippen molar-refractivity contribution in [1.29, 1.82) is 0 Å². The zero-order valence-corrected chi connectivity index (χ0v) is 21.3. The van der Waals surface area contributed by atoms with Crippen LogP contribution in [0.25, 0.3) is 11.0 Å². The summed E-state index contributed by atoms with van der Waals surface area (Å²) in [6.07, 6.45) is 4.44. The normalized spacial score (nSPS) is 20.0. The van der Waals surface area contributed by atoms with Crippen LogP contribution in [0.15, 0.2) is 34.9 Å². The maximum absolute atomic E-state index is 13.8. The fourth-order valence-corrected chi connectivity index (χ4v) is 5.71. The van der Waals surface area contributed by atoms with E-state index in [4.69, 9.17) is 10.5 Å². The number of benzene rings is 1. The number of nitrogens with two attached hydrogens (primary N) is 1. The molecule has 0 aliphatic carbocycles. The van der Waals surface area contributed by atoms with Crippen LogP contribution in [0.4, 0.5) is 5.69 Å². The Morgan fingerprint density at radius 1 is 1.33 bits per heavy atom. The number of anilines is 1. The highest BCUT2D eigenvalue weighted by molar-refractivity contribution is 8.24. The van der Waals surface area contributed by atoms with Crippen molar-refractivity contribution in [3.8, 4) is 5.75 Å². The molecule has 5 N–H and O–H groups in total. The third kappa shape index (κ3) is 4.47. The number of hydrogen-bond donors (Lipinski definition) is 4. The van der Waals surface area contributed by atoms with Gasteiger partial charge in [-0.1, -0.05) is 6.07 Å². The number of carbonyl (C=O) groups is 1. The minimum atomic E-state index is -3.38. The second-order valence-electron chi connectivity index (χ2n) is 9.47. The minimum Gasteiger partial charge on any atom is -0.491 e. The molecule has 1 aromatic carbocycles. The van der Waals surface area contributed by atoms with Gasteiger partial charge in [0.05, 0.1) is 34.4 Å². The lowest BCUT2D eigenvalue weighted by molar-refractivity contribution is 0.0530. The van der Waals surface area contributed by atoms with Crippen LogP contribution in [0.2, 0.25) is 0 Å². The molecule has 11 nitrogen and oxygen atoms in total. The predicted octanol–water partition coefficient (Wildman–Crippen LogP) is 4.11. The van der Waals surface area contributed by atoms with Crippen molar-refractivity contribution >= 4 is 39.4 Å². The van der Waals surface area contributed by atoms with Crippen molar-refractivity contribution in [3.63, 3.8) is 0 Å². The first-order valence-electron chi connectivity index (χ1n) is 12.0. The molecule has 0 unspecified atom stereocenters. The van der Waals surface area contributed by atoms with Crippen LogP contribution in [-0.4, -0.2) is 59.7 Å². The lowest BCUT2D eigenvalue weighted by atomic mass is 10.0. The largest absolute Gasteiger partial charge is 0.491 e. The number of aryl methyl sites for hydroxylation is 1. The molecule has 0 saturated carbocycles. The molecule has 0 spiro atoms. The molecule has 2 aliphatic rings. The SMILES string of the molecule is Cc1cc(C(=O)N2CCCC[C@@H]2COc2cccc3c2C(N)=NS(O)(O)N3)c2cnn(C(C)C)c2n1. The Labute approximate surface area is 211 Å². The van der Waals surface area contributed by atoms with Crippen LogP contribution in [0, 0.1) is 6.92 Å². The number of fused-ring (bicyclic) bond motifs is 2. The van der Waals surface area contributed by atoms with Gasteiger partial charge in [0.2, 0.25) is 0 Å². The topological polar surface area (TPSA) is 151 Å². The van der Waals surface area contributed by atoms with Gasteiger partial charge in [-0.2, -0.15) is 5.10 Å². The Morgan fingerprint density at radius 3 is 2.92 bits per heavy atom. The number of aromatic nitrogens is 3. The number of ether oxygens (including phenoxy) is 1. The molecular formula is C24H31N7O4S. The Morgan fingerprint density at radius 2 is 2.14 bits per heavy atom. The maximum Gasteiger partial charge on any atom is 0.255 e. The monoisotopic (exact) mass is 513 g/mol. The molecule has 192 valence electrons. The number of piperidine rings is 1. The number of nitrogens with one attached hydrogen (secondary N) is 1. The highest BCUT2D eigenvalue weighted by atomic mass is 32.3. The van der Waals surface area contributed by atoms with Crippen LogP contribution in [-0.2, 0) is 0 Å². The van der Waals surface area contributed by atoms with Gasteiger partial charge in [0, 0.05) is 18.3 Å². The van der Waals surface area contributed by atoms with Gasteiger partial charge < -0.3 is 15.4 Å². The molecule has 1 amide bonds. The van der Waals surface area contributed by atoms with Gasteiger partial charge in [-0.3, -0.25) is 18.6 Å². The van der Waals surface area contributed by atoms with Gasteiger partial charge in [-0.25, -0.2) is 9.67 Å². The molecule has 36 heavy (non-hydrogen) atoms. The summed E-state index contributed by atoms with van der Waals surface area (Å²) in [7, 11) is -3.38. The van der Waals surface area contributed by atoms with Crippen molar-refractivity contribution in [1.82, 2.24) is 19.7 Å². The second-order valence-corrected chi connectivity index (χ2v) is 10.9. The van der Waals surface area contributed by atoms with Gasteiger partial charge in [0.1, 0.15) is 12.4 Å². The van der Waals surface area contributed by atoms with E-state index in [2.05, 4.69) is 19.2 Å². The molecule has 3 aromatic rings. The molecule has 2 aromatic heterocycles. The summed E-state index contributed by atoms with van der Waals surface area (Å²) in [5.41, 5.74) is 9.01. The first-order valence-corrected chi connectivity index (χ1v) is 13.5. The summed E-state index contributed by atoms with van der Waals surface area (Å²) in [5, 5.41) is 5.22. The van der Waals surface area contributed by atoms with Gasteiger partial charge in [-0.15, -0.1) is 4.40 Å². The van der Waals surface area contributed by atoms with E-state index in [9.17, 15) is 13.9 Å². The molecular weight excluding hydrogens is 482 g/mol. The zero-order valence-electron chi connectivity index (χ0n) is 20.5. The van der Waals surface area contributed by atoms with E-state index in [1.807, 2.05) is 36.4 Å². The van der Waals surface area contributed by atoms with Gasteiger partial charge in [0.25, 0.3) is 5.91 Å². The number of amides is 1. The second kappa shape index (κ2) is 9.26. The number of pyridine rings is 1. The molecule has 5 rings (SSSR count). The molecule has 0 radical (unpaired) electrons. The van der Waals surface area contributed by atoms with Crippen LogP contribution in [0.3, 0.4) is 0 Å². The third-order valence-electron chi connectivity index (χ3n) is 6.49. The third-order valence-corrected chi connectivity index (χ3v) is 7.43. The van der Waals surface area contributed by atoms with E-state index in [1.54, 1.807) is 24.4 Å². The zero-order chi connectivity index (χ0) is 25.6. The first kappa shape index (κ1) is 24.3. The average Bonchev–Trinajstić information content (AvgIpc) is 3.25. The predicted molar refractivity (Wildman–Crippen MR) is 140 cm³/mol. The lowest BCUT2D eigenvalue weighted by Gasteiger charge is -2.36. The molecule has 1 saturated heterocycles. The molecule has 1 fully saturated rings. The number of rotatable bonds is 5. The summed E-state index contributed by atoms with van der Waals surface area (Å²) in [6, 6.07) is 7.00. The highest BCUT2D eigenvalue weighted by Gasteiger charge is 2.31. The average molecular weight is 514 g/mol. The maximum atomic E-state index is 13.8. The molecule has 2 aliphatic heterocycles. The number of likely N-dealkylation sites (tertiary alicyclic amines) is 1. The Balaban J connectivity index is 1.41. The highest BCUT2D eigenvalue weighted by Crippen LogP contribution is 2.46. The van der Waals surface area contributed by atoms with Crippen LogP contribution in [0.5, 0.6) is 5.75 Å². The summed E-state index contributed by atoms with van der Waals surface area (Å²) < 4.78 is 34.2. The van der Waals surface area contributed by atoms with Crippen molar-refractivity contribution in [2.75, 3.05) is 17.9 Å². The van der Waals surface area contributed by atoms with E-state index < -0.39 is 11.0 Å². The van der Waals surface area contributed by atoms with E-state index in [-0.39, 0.29) is 30.4 Å². The summed E-state index contributed by atoms with van der Waals surface area (Å²) in [6.45, 7) is 6.86. The molecule has 0 bridgehead atoms. The molecule has 4 heterocycles. The van der Waals surface area contributed by atoms with Crippen molar-refractivity contribution in [3.05, 3.63) is 47.3 Å². The van der Waals surface area contributed by atoms with E-state index in [0.717, 1.165) is 30.3 Å². The smallest absolute Gasteiger partial charge is 0.255 e. The number of amidine groups is 1. The van der Waals surface area contributed by atoms with Crippen molar-refractivity contribution < 1.29 is 18.6 Å². The van der Waals surface area contributed by atoms with E-state index in [1.165, 1.54) is 0 Å². The van der Waals surface area contributed by atoms with Crippen LogP contribution >= 0.6 is 11.0 Å². The standard InChI is InChI=1S/C24H31N7O4S/c1-14(2)31-23-18(12-26-31)17(11-15(3)27-23)24(32)30-10-5-4-7-16(30)13-35-20-9-6-8-19-21(20)22(25)29-36(33,34)28-19/h6,8-9,11-12,14,16,28,33-34H,4-5,7,10,13H2,1-3H3,(H2,25,29)/t16-/m1/s1. The lowest BCUT2D eigenvalue weighted by Crippen LogP contribution is -2.46. The number of carbonyl (C=O) groups excluding carboxylic acids is 1. The summed E-state index contributed by atoms with van der Waals surface area (Å²) in [5.74, 6) is 0.399. The first-order chi connectivity index (χ1) is 17.1. The number of hydrogen-bond acceptors (Lipinski definition) is 9. The Kier molecular flexibility index (Phi) is 6.27. The fraction of sp³-hybridized carbons (Fsp3) is 0.417. The van der Waals surface area contributed by atoms with Crippen molar-refractivity contribution in [2.24, 2.45) is 10.1 Å². The molecule has 12 heteroatoms. The summed E-state index contributed by atoms with van der Waals surface area (Å²) in [4.78, 5) is 20.3. The summed E-state index contributed by atoms with van der Waals surface area (Å²) >= 11 is 0. The van der Waals surface area contributed by atoms with Gasteiger partial charge in [-0.05, 0) is 69.2 Å². The van der Waals surface area contributed by atoms with Crippen LogP contribution < -0.4 is 15.2 Å². The van der Waals surface area contributed by atoms with Gasteiger partial charge in [0.15, 0.2) is 11.5 Å². The van der Waals surface area contributed by atoms with Gasteiger partial charge >= 0.3 is 0 Å². The Hall–Kier alpha value is -3.35. The minimum absolute atomic E-state index is 0.00672. The quantitative estimate of drug-likeness (QED) is 0.398. The van der Waals surface area contributed by atoms with Crippen LogP contribution in [0.1, 0.15) is 60.8 Å². The van der Waals surface area contributed by atoms with Crippen molar-refractivity contribution in [2.45, 2.75) is 52.1 Å². The number of nitrogens with zero attached hydrogens (tertiary/aromatic N) is 5. The van der Waals surface area contributed by atoms with E-state index >= 15 is 0 Å².